The Kier molecular flexibility index (Phi) is 5.92. The highest BCUT2D eigenvalue weighted by Crippen LogP contribution is 2.38. The van der Waals surface area contributed by atoms with Crippen LogP contribution in [0.3, 0.4) is 0 Å². The number of ether oxygens (including phenoxy) is 1. The first-order valence-electron chi connectivity index (χ1n) is 10.0. The Hall–Kier alpha value is -2.39. The van der Waals surface area contributed by atoms with E-state index in [0.717, 1.165) is 35.5 Å². The van der Waals surface area contributed by atoms with Crippen LogP contribution in [-0.4, -0.2) is 9.97 Å². The van der Waals surface area contributed by atoms with Crippen LogP contribution < -0.4 is 4.74 Å². The summed E-state index contributed by atoms with van der Waals surface area (Å²) < 4.78 is 6.12. The number of hydrogen-bond donors (Lipinski definition) is 0. The van der Waals surface area contributed by atoms with Crippen molar-refractivity contribution in [1.82, 2.24) is 9.97 Å². The van der Waals surface area contributed by atoms with Crippen LogP contribution in [0.2, 0.25) is 5.15 Å². The lowest BCUT2D eigenvalue weighted by molar-refractivity contribution is 0.304. The number of aromatic nitrogens is 2. The fourth-order valence-electron chi connectivity index (χ4n) is 3.75. The van der Waals surface area contributed by atoms with E-state index in [9.17, 15) is 0 Å². The van der Waals surface area contributed by atoms with Gasteiger partial charge in [-0.2, -0.15) is 0 Å². The van der Waals surface area contributed by atoms with Crippen molar-refractivity contribution in [1.29, 1.82) is 0 Å². The van der Waals surface area contributed by atoms with E-state index >= 15 is 0 Å². The molecule has 0 bridgehead atoms. The minimum Gasteiger partial charge on any atom is -0.483 e. The molecule has 28 heavy (non-hydrogen) atoms. The van der Waals surface area contributed by atoms with Crippen molar-refractivity contribution in [3.63, 3.8) is 0 Å². The molecule has 0 unspecified atom stereocenters. The molecule has 3 aromatic rings. The predicted octanol–water partition coefficient (Wildman–Crippen LogP) is 6.73. The maximum absolute atomic E-state index is 6.63. The quantitative estimate of drug-likeness (QED) is 0.451. The molecule has 144 valence electrons. The van der Waals surface area contributed by atoms with Gasteiger partial charge in [-0.05, 0) is 25.3 Å². The van der Waals surface area contributed by atoms with Crippen molar-refractivity contribution >= 4 is 11.6 Å². The average Bonchev–Trinajstić information content (AvgIpc) is 2.74. The van der Waals surface area contributed by atoms with Gasteiger partial charge in [-0.3, -0.25) is 0 Å². The van der Waals surface area contributed by atoms with Crippen LogP contribution in [0.5, 0.6) is 5.75 Å². The minimum atomic E-state index is 0.388. The van der Waals surface area contributed by atoms with E-state index in [4.69, 9.17) is 21.3 Å². The normalized spacial score (nSPS) is 14.8. The van der Waals surface area contributed by atoms with Gasteiger partial charge < -0.3 is 4.74 Å². The molecular weight excluding hydrogens is 368 g/mol. The second kappa shape index (κ2) is 8.74. The van der Waals surface area contributed by atoms with Gasteiger partial charge in [-0.25, -0.2) is 9.97 Å². The molecule has 0 spiro atoms. The van der Waals surface area contributed by atoms with E-state index in [2.05, 4.69) is 36.2 Å². The van der Waals surface area contributed by atoms with E-state index in [1.54, 1.807) is 0 Å². The highest BCUT2D eigenvalue weighted by molar-refractivity contribution is 6.31. The monoisotopic (exact) mass is 392 g/mol. The average molecular weight is 393 g/mol. The molecule has 1 fully saturated rings. The van der Waals surface area contributed by atoms with E-state index in [1.165, 1.54) is 24.8 Å². The van der Waals surface area contributed by atoms with Crippen molar-refractivity contribution in [3.8, 4) is 17.0 Å². The zero-order valence-electron chi connectivity index (χ0n) is 16.2. The second-order valence-electron chi connectivity index (χ2n) is 7.53. The number of hydrogen-bond acceptors (Lipinski definition) is 3. The van der Waals surface area contributed by atoms with E-state index in [-0.39, 0.29) is 0 Å². The summed E-state index contributed by atoms with van der Waals surface area (Å²) >= 11 is 6.63. The highest BCUT2D eigenvalue weighted by Gasteiger charge is 2.23. The topological polar surface area (TPSA) is 35.0 Å². The van der Waals surface area contributed by atoms with Crippen LogP contribution >= 0.6 is 11.6 Å². The Bertz CT molecular complexity index is 919. The minimum absolute atomic E-state index is 0.388. The van der Waals surface area contributed by atoms with Gasteiger partial charge in [0.25, 0.3) is 0 Å². The number of halogens is 1. The van der Waals surface area contributed by atoms with E-state index < -0.39 is 0 Å². The Morgan fingerprint density at radius 2 is 1.64 bits per heavy atom. The maximum atomic E-state index is 6.63. The Morgan fingerprint density at radius 1 is 0.929 bits per heavy atom. The van der Waals surface area contributed by atoms with Gasteiger partial charge in [0.15, 0.2) is 10.9 Å². The third-order valence-corrected chi connectivity index (χ3v) is 5.62. The summed E-state index contributed by atoms with van der Waals surface area (Å²) in [5, 5.41) is 0.405. The molecule has 1 aliphatic rings. The summed E-state index contributed by atoms with van der Waals surface area (Å²) in [6, 6.07) is 18.4. The molecule has 0 N–H and O–H groups in total. The zero-order valence-corrected chi connectivity index (χ0v) is 17.0. The fraction of sp³-hybridized carbons (Fsp3) is 0.333. The summed E-state index contributed by atoms with van der Waals surface area (Å²) in [7, 11) is 0. The largest absolute Gasteiger partial charge is 0.483 e. The smallest absolute Gasteiger partial charge is 0.183 e. The summed E-state index contributed by atoms with van der Waals surface area (Å²) in [5.74, 6) is 1.81. The van der Waals surface area contributed by atoms with Gasteiger partial charge in [-0.15, -0.1) is 0 Å². The summed E-state index contributed by atoms with van der Waals surface area (Å²) in [4.78, 5) is 9.59. The molecule has 0 aliphatic heterocycles. The van der Waals surface area contributed by atoms with Crippen LogP contribution in [0.25, 0.3) is 11.3 Å². The first-order valence-corrected chi connectivity index (χ1v) is 10.4. The molecule has 1 aliphatic carbocycles. The predicted molar refractivity (Wildman–Crippen MR) is 114 cm³/mol. The Balaban J connectivity index is 1.71. The molecule has 0 atom stereocenters. The lowest BCUT2D eigenvalue weighted by Gasteiger charge is -2.22. The summed E-state index contributed by atoms with van der Waals surface area (Å²) in [6.45, 7) is 2.52. The third-order valence-electron chi connectivity index (χ3n) is 5.36. The number of aryl methyl sites for hydroxylation is 1. The first kappa shape index (κ1) is 18.9. The van der Waals surface area contributed by atoms with Crippen molar-refractivity contribution < 1.29 is 4.74 Å². The van der Waals surface area contributed by atoms with Crippen LogP contribution in [0.4, 0.5) is 0 Å². The standard InChI is InChI=1S/C24H25ClN2O/c1-17-12-14-19(15-13-17)21-22(28-16-18-8-4-2-5-9-18)23(25)27-24(26-21)20-10-6-3-7-11-20/h2,4-5,8-9,12-15,20H,3,6-7,10-11,16H2,1H3. The van der Waals surface area contributed by atoms with Gasteiger partial charge in [-0.1, -0.05) is 91.0 Å². The van der Waals surface area contributed by atoms with Crippen molar-refractivity contribution in [2.75, 3.05) is 0 Å². The summed E-state index contributed by atoms with van der Waals surface area (Å²) in [6.07, 6.45) is 6.03. The zero-order chi connectivity index (χ0) is 19.3. The van der Waals surface area contributed by atoms with Crippen LogP contribution in [0.1, 0.15) is 55.0 Å². The summed E-state index contributed by atoms with van der Waals surface area (Å²) in [5.41, 5.74) is 4.10. The van der Waals surface area contributed by atoms with Crippen molar-refractivity contribution in [2.24, 2.45) is 0 Å². The Labute approximate surface area is 171 Å². The Morgan fingerprint density at radius 3 is 2.36 bits per heavy atom. The van der Waals surface area contributed by atoms with Gasteiger partial charge in [0.2, 0.25) is 0 Å². The third kappa shape index (κ3) is 4.36. The molecule has 2 aromatic carbocycles. The van der Waals surface area contributed by atoms with E-state index in [0.29, 0.717) is 23.4 Å². The van der Waals surface area contributed by atoms with Gasteiger partial charge >= 0.3 is 0 Å². The fourth-order valence-corrected chi connectivity index (χ4v) is 3.98. The van der Waals surface area contributed by atoms with Gasteiger partial charge in [0.1, 0.15) is 18.1 Å². The molecule has 3 nitrogen and oxygen atoms in total. The molecule has 1 aromatic heterocycles. The van der Waals surface area contributed by atoms with Crippen molar-refractivity contribution in [2.45, 2.75) is 51.6 Å². The van der Waals surface area contributed by atoms with Gasteiger partial charge in [0.05, 0.1) is 0 Å². The number of nitrogens with zero attached hydrogens (tertiary/aromatic N) is 2. The van der Waals surface area contributed by atoms with E-state index in [1.807, 2.05) is 30.3 Å². The number of rotatable bonds is 5. The SMILES string of the molecule is Cc1ccc(-c2nc(C3CCCCC3)nc(Cl)c2OCc2ccccc2)cc1. The van der Waals surface area contributed by atoms with Crippen LogP contribution in [0.15, 0.2) is 54.6 Å². The first-order chi connectivity index (χ1) is 13.7. The second-order valence-corrected chi connectivity index (χ2v) is 7.88. The molecular formula is C24H25ClN2O. The lowest BCUT2D eigenvalue weighted by Crippen LogP contribution is -2.11. The van der Waals surface area contributed by atoms with Crippen molar-refractivity contribution in [3.05, 3.63) is 76.7 Å². The lowest BCUT2D eigenvalue weighted by atomic mass is 9.88. The van der Waals surface area contributed by atoms with Crippen LogP contribution in [0, 0.1) is 6.92 Å². The van der Waals surface area contributed by atoms with Crippen LogP contribution in [-0.2, 0) is 6.61 Å². The molecule has 1 saturated carbocycles. The molecule has 0 amide bonds. The molecule has 4 rings (SSSR count). The maximum Gasteiger partial charge on any atom is 0.183 e. The highest BCUT2D eigenvalue weighted by atomic mass is 35.5. The number of benzene rings is 2. The molecule has 0 saturated heterocycles. The molecule has 4 heteroatoms. The molecule has 1 heterocycles. The molecule has 0 radical (unpaired) electrons. The van der Waals surface area contributed by atoms with Gasteiger partial charge in [0, 0.05) is 11.5 Å².